The van der Waals surface area contributed by atoms with Crippen molar-refractivity contribution in [2.45, 2.75) is 100 Å². The van der Waals surface area contributed by atoms with Crippen molar-refractivity contribution in [2.75, 3.05) is 12.4 Å². The molecule has 0 aliphatic rings. The Morgan fingerprint density at radius 2 is 1.32 bits per heavy atom. The Labute approximate surface area is 190 Å². The number of hydrogen-bond acceptors (Lipinski definition) is 4. The number of carbonyl (C=O) groups excluding carboxylic acids is 1. The summed E-state index contributed by atoms with van der Waals surface area (Å²) in [7, 11) is -3.92. The Bertz CT molecular complexity index is 463. The molecule has 0 atom stereocenters. The Balaban J connectivity index is 0. The van der Waals surface area contributed by atoms with Crippen LogP contribution in [0.3, 0.4) is 0 Å². The molecule has 2 N–H and O–H groups in total. The summed E-state index contributed by atoms with van der Waals surface area (Å²) >= 11 is 1.04. The number of unbranched alkanes of at least 4 members (excludes halogenated alkanes) is 11. The first-order valence-electron chi connectivity index (χ1n) is 11.1. The summed E-state index contributed by atoms with van der Waals surface area (Å²) < 4.78 is 27.9. The minimum atomic E-state index is -3.92. The maximum Gasteiger partial charge on any atom is 0.267 e. The van der Waals surface area contributed by atoms with Crippen molar-refractivity contribution >= 4 is 43.8 Å². The summed E-state index contributed by atoms with van der Waals surface area (Å²) in [5.74, 6) is -0.0909. The van der Waals surface area contributed by atoms with E-state index < -0.39 is 22.5 Å². The van der Waals surface area contributed by atoms with Gasteiger partial charge in [-0.05, 0) is 6.42 Å². The van der Waals surface area contributed by atoms with Crippen LogP contribution in [0.4, 0.5) is 0 Å². The number of rotatable bonds is 18. The van der Waals surface area contributed by atoms with Gasteiger partial charge in [-0.15, -0.1) is 0 Å². The van der Waals surface area contributed by atoms with Crippen LogP contribution in [-0.4, -0.2) is 64.2 Å². The van der Waals surface area contributed by atoms with Crippen molar-refractivity contribution in [3.8, 4) is 0 Å². The number of ketones is 1. The molecule has 0 radical (unpaired) electrons. The van der Waals surface area contributed by atoms with Crippen LogP contribution in [0.15, 0.2) is 12.2 Å². The topological polar surface area (TPSA) is 91.7 Å². The van der Waals surface area contributed by atoms with Gasteiger partial charge in [0.25, 0.3) is 10.1 Å². The molecule has 0 aromatic rings. The minimum Gasteiger partial charge on any atom is -0.395 e. The smallest absolute Gasteiger partial charge is 0.267 e. The average Bonchev–Trinajstić information content (AvgIpc) is 2.64. The fourth-order valence-corrected chi connectivity index (χ4v) is 3.27. The van der Waals surface area contributed by atoms with Crippen LogP contribution < -0.4 is 0 Å². The summed E-state index contributed by atoms with van der Waals surface area (Å²) in [6.07, 6.45) is 22.8. The van der Waals surface area contributed by atoms with E-state index in [2.05, 4.69) is 19.1 Å². The molecule has 0 aliphatic carbocycles. The minimum absolute atomic E-state index is 0.485. The quantitative estimate of drug-likeness (QED) is 0.138. The van der Waals surface area contributed by atoms with E-state index in [1.165, 1.54) is 77.0 Å². The molecule has 0 saturated heterocycles. The first kappa shape index (κ1) is 30.5. The normalized spacial score (nSPS) is 11.5. The first-order chi connectivity index (χ1) is 13.4. The van der Waals surface area contributed by atoms with Crippen LogP contribution in [0.5, 0.6) is 0 Å². The maximum absolute atomic E-state index is 11.2. The van der Waals surface area contributed by atoms with E-state index in [0.29, 0.717) is 5.78 Å². The molecule has 0 fully saturated rings. The van der Waals surface area contributed by atoms with E-state index >= 15 is 0 Å². The van der Waals surface area contributed by atoms with Crippen LogP contribution >= 0.6 is 0 Å². The zero-order valence-corrected chi connectivity index (χ0v) is 21.0. The molecule has 7 heteroatoms. The molecule has 0 bridgehead atoms. The number of allylic oxidation sites excluding steroid dienone is 2. The molecule has 162 valence electrons. The van der Waals surface area contributed by atoms with E-state index in [-0.39, 0.29) is 0 Å². The summed E-state index contributed by atoms with van der Waals surface area (Å²) in [4.78, 5) is 11.2. The van der Waals surface area contributed by atoms with Gasteiger partial charge in [0.15, 0.2) is 0 Å². The summed E-state index contributed by atoms with van der Waals surface area (Å²) in [6, 6.07) is 0. The molecule has 5 nitrogen and oxygen atoms in total. The van der Waals surface area contributed by atoms with Gasteiger partial charge in [0.1, 0.15) is 0 Å². The monoisotopic (exact) mass is 428 g/mol. The van der Waals surface area contributed by atoms with Crippen LogP contribution in [0.1, 0.15) is 96.8 Å². The van der Waals surface area contributed by atoms with E-state index in [9.17, 15) is 13.2 Å². The largest absolute Gasteiger partial charge is 0.395 e. The SMILES string of the molecule is CCCCCCCC/C=C\CCCCCCCC(=O)[CH2][Na].O=S(=O)(O)CCO. The number of Topliss-reactive ketones (excluding diaryl/α,β-unsaturated/α-hetero) is 1. The van der Waals surface area contributed by atoms with Crippen molar-refractivity contribution in [3.63, 3.8) is 0 Å². The Kier molecular flexibility index (Phi) is 25.6. The molecule has 28 heavy (non-hydrogen) atoms. The molecular formula is C21H41NaO5S. The van der Waals surface area contributed by atoms with Crippen molar-refractivity contribution in [1.29, 1.82) is 0 Å². The van der Waals surface area contributed by atoms with Crippen LogP contribution in [0.25, 0.3) is 0 Å². The number of carbonyl (C=O) groups is 1. The van der Waals surface area contributed by atoms with Gasteiger partial charge in [0.05, 0.1) is 12.4 Å². The zero-order chi connectivity index (χ0) is 21.5. The second-order valence-corrected chi connectivity index (χ2v) is 9.52. The first-order valence-corrected chi connectivity index (χ1v) is 14.1. The van der Waals surface area contributed by atoms with Crippen LogP contribution in [-0.2, 0) is 14.9 Å². The van der Waals surface area contributed by atoms with Gasteiger partial charge >= 0.3 is 106 Å². The fourth-order valence-electron chi connectivity index (χ4n) is 2.69. The van der Waals surface area contributed by atoms with Crippen LogP contribution in [0, 0.1) is 0 Å². The number of hydrogen-bond donors (Lipinski definition) is 2. The average molecular weight is 429 g/mol. The van der Waals surface area contributed by atoms with E-state index in [1.807, 2.05) is 0 Å². The predicted molar refractivity (Wildman–Crippen MR) is 119 cm³/mol. The summed E-state index contributed by atoms with van der Waals surface area (Å²) in [5, 5.41) is 7.86. The molecule has 0 aliphatic heterocycles. The second kappa shape index (κ2) is 23.6. The van der Waals surface area contributed by atoms with Gasteiger partial charge in [-0.2, -0.15) is 8.42 Å². The molecular weight excluding hydrogens is 387 g/mol. The van der Waals surface area contributed by atoms with Gasteiger partial charge in [0.2, 0.25) is 0 Å². The third-order valence-electron chi connectivity index (χ3n) is 4.46. The van der Waals surface area contributed by atoms with Crippen molar-refractivity contribution < 1.29 is 22.9 Å². The molecule has 0 unspecified atom stereocenters. The summed E-state index contributed by atoms with van der Waals surface area (Å²) in [6.45, 7) is 1.74. The molecule has 0 spiro atoms. The molecule has 0 aromatic heterocycles. The number of aliphatic hydroxyl groups excluding tert-OH is 1. The Morgan fingerprint density at radius 3 is 1.71 bits per heavy atom. The van der Waals surface area contributed by atoms with Crippen molar-refractivity contribution in [3.05, 3.63) is 12.2 Å². The van der Waals surface area contributed by atoms with Crippen molar-refractivity contribution in [2.24, 2.45) is 0 Å². The molecule has 0 saturated carbocycles. The van der Waals surface area contributed by atoms with Gasteiger partial charge in [-0.1, -0.05) is 39.0 Å². The van der Waals surface area contributed by atoms with E-state index in [1.54, 1.807) is 0 Å². The van der Waals surface area contributed by atoms with E-state index in [4.69, 9.17) is 9.66 Å². The Morgan fingerprint density at radius 1 is 0.857 bits per heavy atom. The van der Waals surface area contributed by atoms with Gasteiger partial charge in [0, 0.05) is 0 Å². The third kappa shape index (κ3) is 31.0. The molecule has 0 aromatic carbocycles. The standard InChI is InChI=1S/C19H35O.C2H6O4S.Na/c1-3-4-5-6-7-8-9-10-11-12-13-14-15-16-17-18-19(2)20;3-1-2-7(4,5)6;/h10-11H,2-9,12-18H2,1H3;3H,1-2H2,(H,4,5,6);/b11-10-;;. The molecule has 0 amide bonds. The second-order valence-electron chi connectivity index (χ2n) is 7.24. The predicted octanol–water partition coefficient (Wildman–Crippen LogP) is 5.05. The van der Waals surface area contributed by atoms with E-state index in [0.717, 1.165) is 44.4 Å². The Hall–Kier alpha value is 0.280. The van der Waals surface area contributed by atoms with Crippen molar-refractivity contribution in [1.82, 2.24) is 0 Å². The van der Waals surface area contributed by atoms with Crippen LogP contribution in [0.2, 0.25) is 3.67 Å². The van der Waals surface area contributed by atoms with Gasteiger partial charge in [-0.3, -0.25) is 4.55 Å². The fraction of sp³-hybridized carbons (Fsp3) is 0.857. The molecule has 0 rings (SSSR count). The zero-order valence-electron chi connectivity index (χ0n) is 18.2. The van der Waals surface area contributed by atoms with Gasteiger partial charge in [-0.25, -0.2) is 0 Å². The number of aliphatic hydroxyl groups is 1. The van der Waals surface area contributed by atoms with Gasteiger partial charge < -0.3 is 5.11 Å². The third-order valence-corrected chi connectivity index (χ3v) is 5.95. The molecule has 0 heterocycles. The maximum atomic E-state index is 11.2. The summed E-state index contributed by atoms with van der Waals surface area (Å²) in [5.41, 5.74) is 0.